The van der Waals surface area contributed by atoms with Crippen molar-refractivity contribution in [2.75, 3.05) is 19.6 Å². The Kier molecular flexibility index (Phi) is 5.02. The number of piperidine rings is 1. The van der Waals surface area contributed by atoms with Crippen LogP contribution in [0.5, 0.6) is 0 Å². The quantitative estimate of drug-likeness (QED) is 0.846. The van der Waals surface area contributed by atoms with E-state index >= 15 is 0 Å². The summed E-state index contributed by atoms with van der Waals surface area (Å²) in [6.07, 6.45) is 4.07. The lowest BCUT2D eigenvalue weighted by molar-refractivity contribution is 0.174. The van der Waals surface area contributed by atoms with Crippen molar-refractivity contribution in [2.24, 2.45) is 5.14 Å². The fourth-order valence-corrected chi connectivity index (χ4v) is 4.60. The third-order valence-electron chi connectivity index (χ3n) is 5.48. The van der Waals surface area contributed by atoms with Gasteiger partial charge in [-0.2, -0.15) is 0 Å². The van der Waals surface area contributed by atoms with Gasteiger partial charge in [-0.3, -0.25) is 0 Å². The fourth-order valence-electron chi connectivity index (χ4n) is 3.72. The first kappa shape index (κ1) is 18.1. The SMILES string of the molecule is NS(=O)(=O)C1CCCN(C(=O)NCC2(c3ccc(F)cc3)CCC2)C1. The summed E-state index contributed by atoms with van der Waals surface area (Å²) >= 11 is 0. The number of amides is 2. The Bertz CT molecular complexity index is 732. The van der Waals surface area contributed by atoms with E-state index < -0.39 is 15.3 Å². The zero-order chi connectivity index (χ0) is 18.1. The van der Waals surface area contributed by atoms with E-state index in [1.165, 1.54) is 17.0 Å². The maximum Gasteiger partial charge on any atom is 0.317 e. The van der Waals surface area contributed by atoms with E-state index in [1.54, 1.807) is 12.1 Å². The van der Waals surface area contributed by atoms with E-state index in [-0.39, 0.29) is 23.8 Å². The molecule has 2 fully saturated rings. The first-order valence-electron chi connectivity index (χ1n) is 8.61. The van der Waals surface area contributed by atoms with Crippen molar-refractivity contribution in [3.05, 3.63) is 35.6 Å². The third kappa shape index (κ3) is 3.95. The predicted molar refractivity (Wildman–Crippen MR) is 93.0 cm³/mol. The molecule has 1 aliphatic heterocycles. The number of hydrogen-bond acceptors (Lipinski definition) is 3. The molecule has 0 aromatic heterocycles. The number of halogens is 1. The Morgan fingerprint density at radius 1 is 1.28 bits per heavy atom. The Hall–Kier alpha value is -1.67. The Labute approximate surface area is 147 Å². The second kappa shape index (κ2) is 6.92. The van der Waals surface area contributed by atoms with Gasteiger partial charge < -0.3 is 10.2 Å². The zero-order valence-corrected chi connectivity index (χ0v) is 14.9. The zero-order valence-electron chi connectivity index (χ0n) is 14.1. The van der Waals surface area contributed by atoms with Crippen LogP contribution in [0.3, 0.4) is 0 Å². The molecular weight excluding hydrogens is 345 g/mol. The highest BCUT2D eigenvalue weighted by Crippen LogP contribution is 2.43. The molecule has 0 bridgehead atoms. The van der Waals surface area contributed by atoms with Crippen molar-refractivity contribution in [2.45, 2.75) is 42.8 Å². The van der Waals surface area contributed by atoms with Gasteiger partial charge in [0.2, 0.25) is 10.0 Å². The largest absolute Gasteiger partial charge is 0.337 e. The van der Waals surface area contributed by atoms with E-state index in [1.807, 2.05) is 0 Å². The molecule has 1 saturated carbocycles. The van der Waals surface area contributed by atoms with Crippen molar-refractivity contribution < 1.29 is 17.6 Å². The molecule has 3 N–H and O–H groups in total. The van der Waals surface area contributed by atoms with Crippen molar-refractivity contribution in [1.82, 2.24) is 10.2 Å². The summed E-state index contributed by atoms with van der Waals surface area (Å²) in [4.78, 5) is 14.0. The first-order valence-corrected chi connectivity index (χ1v) is 10.2. The second-order valence-corrected chi connectivity index (χ2v) is 8.94. The van der Waals surface area contributed by atoms with Crippen LogP contribution in [0.25, 0.3) is 0 Å². The first-order chi connectivity index (χ1) is 11.8. The molecule has 1 atom stereocenters. The molecule has 2 aliphatic rings. The smallest absolute Gasteiger partial charge is 0.317 e. The molecule has 2 amide bonds. The molecule has 1 unspecified atom stereocenters. The molecule has 1 heterocycles. The molecule has 1 aromatic carbocycles. The summed E-state index contributed by atoms with van der Waals surface area (Å²) < 4.78 is 36.2. The molecule has 6 nitrogen and oxygen atoms in total. The van der Waals surface area contributed by atoms with Crippen LogP contribution < -0.4 is 10.5 Å². The monoisotopic (exact) mass is 369 g/mol. The maximum absolute atomic E-state index is 13.2. The highest BCUT2D eigenvalue weighted by atomic mass is 32.2. The normalized spacial score (nSPS) is 23.0. The van der Waals surface area contributed by atoms with Gasteiger partial charge in [0.25, 0.3) is 0 Å². The predicted octanol–water partition coefficient (Wildman–Crippen LogP) is 1.71. The number of benzene rings is 1. The Morgan fingerprint density at radius 3 is 2.52 bits per heavy atom. The Morgan fingerprint density at radius 2 is 1.96 bits per heavy atom. The lowest BCUT2D eigenvalue weighted by Gasteiger charge is -2.43. The van der Waals surface area contributed by atoms with Gasteiger partial charge in [-0.1, -0.05) is 18.6 Å². The van der Waals surface area contributed by atoms with Gasteiger partial charge in [-0.25, -0.2) is 22.7 Å². The minimum atomic E-state index is -3.63. The number of nitrogens with zero attached hydrogens (tertiary/aromatic N) is 1. The molecule has 1 saturated heterocycles. The average molecular weight is 369 g/mol. The number of rotatable bonds is 4. The summed E-state index contributed by atoms with van der Waals surface area (Å²) in [5, 5.41) is 7.46. The molecule has 1 aliphatic carbocycles. The van der Waals surface area contributed by atoms with Crippen LogP contribution in [-0.2, 0) is 15.4 Å². The minimum absolute atomic E-state index is 0.133. The van der Waals surface area contributed by atoms with Crippen molar-refractivity contribution in [3.8, 4) is 0 Å². The molecule has 0 spiro atoms. The standard InChI is InChI=1S/C17H24FN3O3S/c18-14-6-4-13(5-7-14)17(8-2-9-17)12-20-16(22)21-10-1-3-15(11-21)25(19,23)24/h4-7,15H,1-3,8-12H2,(H,20,22)(H2,19,23,24). The number of carbonyl (C=O) groups excluding carboxylic acids is 1. The molecular formula is C17H24FN3O3S. The van der Waals surface area contributed by atoms with Crippen molar-refractivity contribution in [1.29, 1.82) is 0 Å². The van der Waals surface area contributed by atoms with Crippen LogP contribution >= 0.6 is 0 Å². The van der Waals surface area contributed by atoms with Crippen LogP contribution in [-0.4, -0.2) is 44.2 Å². The van der Waals surface area contributed by atoms with E-state index in [2.05, 4.69) is 5.32 Å². The lowest BCUT2D eigenvalue weighted by atomic mass is 9.64. The molecule has 25 heavy (non-hydrogen) atoms. The number of sulfonamides is 1. The number of urea groups is 1. The molecule has 138 valence electrons. The Balaban J connectivity index is 1.62. The van der Waals surface area contributed by atoms with Gasteiger partial charge in [-0.05, 0) is 43.4 Å². The molecule has 3 rings (SSSR count). The van der Waals surface area contributed by atoms with Crippen LogP contribution in [0.15, 0.2) is 24.3 Å². The molecule has 1 aromatic rings. The number of nitrogens with two attached hydrogens (primary N) is 1. The third-order valence-corrected chi connectivity index (χ3v) is 6.79. The average Bonchev–Trinajstić information content (AvgIpc) is 2.54. The van der Waals surface area contributed by atoms with E-state index in [0.29, 0.717) is 25.9 Å². The van der Waals surface area contributed by atoms with Crippen LogP contribution in [0.2, 0.25) is 0 Å². The van der Waals surface area contributed by atoms with Gasteiger partial charge in [0.05, 0.1) is 5.25 Å². The van der Waals surface area contributed by atoms with Crippen molar-refractivity contribution in [3.63, 3.8) is 0 Å². The number of nitrogens with one attached hydrogen (secondary N) is 1. The summed E-state index contributed by atoms with van der Waals surface area (Å²) in [7, 11) is -3.63. The molecule has 0 radical (unpaired) electrons. The van der Waals surface area contributed by atoms with Gasteiger partial charge in [0.1, 0.15) is 5.82 Å². The lowest BCUT2D eigenvalue weighted by Crippen LogP contribution is -2.53. The van der Waals surface area contributed by atoms with E-state index in [4.69, 9.17) is 5.14 Å². The van der Waals surface area contributed by atoms with Crippen LogP contribution in [0, 0.1) is 5.82 Å². The summed E-state index contributed by atoms with van der Waals surface area (Å²) in [5.74, 6) is -0.274. The highest BCUT2D eigenvalue weighted by molar-refractivity contribution is 7.89. The van der Waals surface area contributed by atoms with Gasteiger partial charge in [0, 0.05) is 25.0 Å². The summed E-state index contributed by atoms with van der Waals surface area (Å²) in [6.45, 7) is 1.13. The summed E-state index contributed by atoms with van der Waals surface area (Å²) in [5.41, 5.74) is 0.875. The summed E-state index contributed by atoms with van der Waals surface area (Å²) in [6, 6.07) is 6.18. The minimum Gasteiger partial charge on any atom is -0.337 e. The van der Waals surface area contributed by atoms with Gasteiger partial charge in [-0.15, -0.1) is 0 Å². The van der Waals surface area contributed by atoms with Crippen molar-refractivity contribution >= 4 is 16.1 Å². The maximum atomic E-state index is 13.2. The van der Waals surface area contributed by atoms with Crippen LogP contribution in [0.4, 0.5) is 9.18 Å². The molecule has 8 heteroatoms. The van der Waals surface area contributed by atoms with E-state index in [0.717, 1.165) is 24.8 Å². The number of primary sulfonamides is 1. The topological polar surface area (TPSA) is 92.5 Å². The van der Waals surface area contributed by atoms with Crippen LogP contribution in [0.1, 0.15) is 37.7 Å². The number of hydrogen-bond donors (Lipinski definition) is 2. The number of carbonyl (C=O) groups is 1. The second-order valence-electron chi connectivity index (χ2n) is 7.10. The fraction of sp³-hybridized carbons (Fsp3) is 0.588. The van der Waals surface area contributed by atoms with Gasteiger partial charge >= 0.3 is 6.03 Å². The van der Waals surface area contributed by atoms with E-state index in [9.17, 15) is 17.6 Å². The highest BCUT2D eigenvalue weighted by Gasteiger charge is 2.39. The number of likely N-dealkylation sites (tertiary alicyclic amines) is 1. The van der Waals surface area contributed by atoms with Gasteiger partial charge in [0.15, 0.2) is 0 Å².